The zero-order valence-electron chi connectivity index (χ0n) is 17.3. The molecule has 2 amide bonds. The van der Waals surface area contributed by atoms with Crippen LogP contribution in [0.1, 0.15) is 26.5 Å². The molecular formula is C24H19FN4O4. The zero-order chi connectivity index (χ0) is 23.4. The number of aromatic nitrogens is 2. The molecule has 0 unspecified atom stereocenters. The maximum atomic E-state index is 14.6. The summed E-state index contributed by atoms with van der Waals surface area (Å²) in [6.45, 7) is -0.190. The van der Waals surface area contributed by atoms with E-state index in [4.69, 9.17) is 5.11 Å². The van der Waals surface area contributed by atoms with Crippen molar-refractivity contribution in [1.29, 1.82) is 0 Å². The van der Waals surface area contributed by atoms with Gasteiger partial charge in [-0.05, 0) is 41.5 Å². The number of aromatic amines is 1. The van der Waals surface area contributed by atoms with Gasteiger partial charge in [0.15, 0.2) is 5.82 Å². The van der Waals surface area contributed by atoms with Gasteiger partial charge < -0.3 is 20.7 Å². The van der Waals surface area contributed by atoms with Crippen molar-refractivity contribution in [3.05, 3.63) is 89.5 Å². The quantitative estimate of drug-likeness (QED) is 0.347. The minimum atomic E-state index is -1.18. The van der Waals surface area contributed by atoms with Gasteiger partial charge in [0.25, 0.3) is 11.8 Å². The first-order valence-electron chi connectivity index (χ1n) is 10.0. The van der Waals surface area contributed by atoms with Gasteiger partial charge in [-0.3, -0.25) is 14.4 Å². The van der Waals surface area contributed by atoms with E-state index >= 15 is 0 Å². The summed E-state index contributed by atoms with van der Waals surface area (Å²) in [6, 6.07) is 18.4. The smallest absolute Gasteiger partial charge is 0.322 e. The van der Waals surface area contributed by atoms with Crippen LogP contribution in [0.3, 0.4) is 0 Å². The molecule has 0 radical (unpaired) electrons. The molecule has 166 valence electrons. The van der Waals surface area contributed by atoms with Gasteiger partial charge in [-0.1, -0.05) is 36.4 Å². The summed E-state index contributed by atoms with van der Waals surface area (Å²) >= 11 is 0. The number of benzene rings is 3. The summed E-state index contributed by atoms with van der Waals surface area (Å²) in [5, 5.41) is 13.7. The maximum Gasteiger partial charge on any atom is 0.322 e. The van der Waals surface area contributed by atoms with Crippen LogP contribution in [0.4, 0.5) is 4.39 Å². The molecule has 0 saturated heterocycles. The fraction of sp³-hybridized carbons (Fsp3) is 0.0833. The van der Waals surface area contributed by atoms with Crippen molar-refractivity contribution in [3.8, 4) is 11.1 Å². The molecule has 4 aromatic rings. The van der Waals surface area contributed by atoms with E-state index in [1.165, 1.54) is 18.2 Å². The molecule has 0 atom stereocenters. The van der Waals surface area contributed by atoms with Crippen LogP contribution < -0.4 is 10.6 Å². The first-order valence-corrected chi connectivity index (χ1v) is 10.0. The third-order valence-electron chi connectivity index (χ3n) is 4.93. The van der Waals surface area contributed by atoms with E-state index in [0.29, 0.717) is 28.7 Å². The Labute approximate surface area is 187 Å². The van der Waals surface area contributed by atoms with E-state index < -0.39 is 24.2 Å². The van der Waals surface area contributed by atoms with Gasteiger partial charge in [0.05, 0.1) is 11.0 Å². The zero-order valence-corrected chi connectivity index (χ0v) is 17.3. The minimum absolute atomic E-state index is 0.0575. The fourth-order valence-corrected chi connectivity index (χ4v) is 3.29. The summed E-state index contributed by atoms with van der Waals surface area (Å²) in [7, 11) is 0. The van der Waals surface area contributed by atoms with E-state index in [2.05, 4.69) is 20.6 Å². The van der Waals surface area contributed by atoms with Gasteiger partial charge in [0, 0.05) is 17.7 Å². The molecule has 3 aromatic carbocycles. The van der Waals surface area contributed by atoms with Crippen molar-refractivity contribution in [3.63, 3.8) is 0 Å². The molecule has 4 N–H and O–H groups in total. The van der Waals surface area contributed by atoms with Gasteiger partial charge in [-0.2, -0.15) is 0 Å². The number of amides is 2. The SMILES string of the molecule is O=C(O)CNC(=O)c1nc2ccc(-c3cc(C(=O)NCc4ccccc4)ccc3F)cc2[nH]1. The molecule has 0 bridgehead atoms. The molecule has 0 saturated carbocycles. The second kappa shape index (κ2) is 9.31. The van der Waals surface area contributed by atoms with Crippen molar-refractivity contribution < 1.29 is 23.9 Å². The van der Waals surface area contributed by atoms with Crippen LogP contribution in [0, 0.1) is 5.82 Å². The number of fused-ring (bicyclic) bond motifs is 1. The van der Waals surface area contributed by atoms with Crippen LogP contribution in [0.2, 0.25) is 0 Å². The number of carboxylic acids is 1. The van der Waals surface area contributed by atoms with E-state index in [1.807, 2.05) is 30.3 Å². The van der Waals surface area contributed by atoms with Crippen LogP contribution >= 0.6 is 0 Å². The third kappa shape index (κ3) is 5.04. The molecule has 4 rings (SSSR count). The van der Waals surface area contributed by atoms with Crippen LogP contribution in [0.5, 0.6) is 0 Å². The van der Waals surface area contributed by atoms with Gasteiger partial charge in [-0.25, -0.2) is 9.37 Å². The highest BCUT2D eigenvalue weighted by Crippen LogP contribution is 2.27. The van der Waals surface area contributed by atoms with Gasteiger partial charge in [-0.15, -0.1) is 0 Å². The standard InChI is InChI=1S/C24H19FN4O4/c25-18-8-6-16(23(32)26-12-14-4-2-1-3-5-14)10-17(18)15-7-9-19-20(11-15)29-22(28-19)24(33)27-13-21(30)31/h1-11H,12-13H2,(H,26,32)(H,27,33)(H,28,29)(H,30,31). The lowest BCUT2D eigenvalue weighted by atomic mass is 10.0. The second-order valence-electron chi connectivity index (χ2n) is 7.26. The number of hydrogen-bond acceptors (Lipinski definition) is 4. The fourth-order valence-electron chi connectivity index (χ4n) is 3.29. The number of nitrogens with one attached hydrogen (secondary N) is 3. The number of carboxylic acid groups (broad SMARTS) is 1. The minimum Gasteiger partial charge on any atom is -0.480 e. The van der Waals surface area contributed by atoms with Crippen LogP contribution in [0.25, 0.3) is 22.2 Å². The number of hydrogen-bond donors (Lipinski definition) is 4. The van der Waals surface area contributed by atoms with Gasteiger partial charge in [0.2, 0.25) is 0 Å². The van der Waals surface area contributed by atoms with Crippen molar-refractivity contribution in [1.82, 2.24) is 20.6 Å². The first kappa shape index (κ1) is 21.7. The molecule has 0 aliphatic heterocycles. The van der Waals surface area contributed by atoms with Crippen molar-refractivity contribution in [2.75, 3.05) is 6.54 Å². The molecule has 33 heavy (non-hydrogen) atoms. The summed E-state index contributed by atoms with van der Waals surface area (Å²) in [6.07, 6.45) is 0. The van der Waals surface area contributed by atoms with E-state index in [1.54, 1.807) is 18.2 Å². The van der Waals surface area contributed by atoms with Crippen LogP contribution in [0.15, 0.2) is 66.7 Å². The Balaban J connectivity index is 1.56. The molecule has 0 spiro atoms. The molecule has 0 aliphatic carbocycles. The van der Waals surface area contributed by atoms with Crippen LogP contribution in [-0.4, -0.2) is 39.4 Å². The predicted octanol–water partition coefficient (Wildman–Crippen LogP) is 3.11. The lowest BCUT2D eigenvalue weighted by molar-refractivity contribution is -0.135. The third-order valence-corrected chi connectivity index (χ3v) is 4.93. The normalized spacial score (nSPS) is 10.7. The van der Waals surface area contributed by atoms with Crippen molar-refractivity contribution in [2.24, 2.45) is 0 Å². The number of carbonyl (C=O) groups is 3. The predicted molar refractivity (Wildman–Crippen MR) is 119 cm³/mol. The average Bonchev–Trinajstić information content (AvgIpc) is 3.25. The van der Waals surface area contributed by atoms with E-state index in [-0.39, 0.29) is 17.3 Å². The molecule has 9 heteroatoms. The monoisotopic (exact) mass is 446 g/mol. The summed E-state index contributed by atoms with van der Waals surface area (Å²) in [5.74, 6) is -2.74. The number of rotatable bonds is 7. The highest BCUT2D eigenvalue weighted by atomic mass is 19.1. The number of aliphatic carboxylic acids is 1. The Morgan fingerprint density at radius 2 is 1.73 bits per heavy atom. The van der Waals surface area contributed by atoms with Crippen LogP contribution in [-0.2, 0) is 11.3 Å². The lowest BCUT2D eigenvalue weighted by Gasteiger charge is -2.09. The number of carbonyl (C=O) groups excluding carboxylic acids is 2. The molecule has 1 heterocycles. The Morgan fingerprint density at radius 3 is 2.48 bits per heavy atom. The highest BCUT2D eigenvalue weighted by Gasteiger charge is 2.15. The van der Waals surface area contributed by atoms with Gasteiger partial charge >= 0.3 is 5.97 Å². The second-order valence-corrected chi connectivity index (χ2v) is 7.26. The van der Waals surface area contributed by atoms with Crippen molar-refractivity contribution in [2.45, 2.75) is 6.54 Å². The molecular weight excluding hydrogens is 427 g/mol. The van der Waals surface area contributed by atoms with Gasteiger partial charge in [0.1, 0.15) is 12.4 Å². The Kier molecular flexibility index (Phi) is 6.12. The maximum absolute atomic E-state index is 14.6. The largest absolute Gasteiger partial charge is 0.480 e. The average molecular weight is 446 g/mol. The molecule has 8 nitrogen and oxygen atoms in total. The Morgan fingerprint density at radius 1 is 0.939 bits per heavy atom. The summed E-state index contributed by atoms with van der Waals surface area (Å²) in [4.78, 5) is 42.2. The lowest BCUT2D eigenvalue weighted by Crippen LogP contribution is -2.29. The molecule has 0 aliphatic rings. The highest BCUT2D eigenvalue weighted by molar-refractivity contribution is 5.97. The summed E-state index contributed by atoms with van der Waals surface area (Å²) < 4.78 is 14.6. The Hall–Kier alpha value is -4.53. The topological polar surface area (TPSA) is 124 Å². The molecule has 1 aromatic heterocycles. The number of halogens is 1. The Bertz CT molecular complexity index is 1350. The number of imidazole rings is 1. The number of H-pyrrole nitrogens is 1. The van der Waals surface area contributed by atoms with E-state index in [0.717, 1.165) is 5.56 Å². The number of nitrogens with zero attached hydrogens (tertiary/aromatic N) is 1. The first-order chi connectivity index (χ1) is 15.9. The molecule has 0 fully saturated rings. The van der Waals surface area contributed by atoms with E-state index in [9.17, 15) is 18.8 Å². The summed E-state index contributed by atoms with van der Waals surface area (Å²) in [5.41, 5.74) is 2.87. The van der Waals surface area contributed by atoms with Crippen molar-refractivity contribution >= 4 is 28.8 Å².